The van der Waals surface area contributed by atoms with E-state index in [2.05, 4.69) is 16.0 Å². The van der Waals surface area contributed by atoms with Crippen LogP contribution in [-0.2, 0) is 20.9 Å². The third kappa shape index (κ3) is 10.6. The van der Waals surface area contributed by atoms with Crippen LogP contribution in [0.5, 0.6) is 5.75 Å². The van der Waals surface area contributed by atoms with E-state index < -0.39 is 11.7 Å². The lowest BCUT2D eigenvalue weighted by Gasteiger charge is -2.19. The molecule has 9 heteroatoms. The van der Waals surface area contributed by atoms with Crippen LogP contribution in [0.2, 0.25) is 5.02 Å². The molecule has 2 rings (SSSR count). The molecule has 3 N–H and O–H groups in total. The average Bonchev–Trinajstić information content (AvgIpc) is 2.76. The molecule has 0 spiro atoms. The number of anilines is 1. The third-order valence-electron chi connectivity index (χ3n) is 4.43. The zero-order valence-electron chi connectivity index (χ0n) is 19.8. The number of halogens is 1. The maximum Gasteiger partial charge on any atom is 0.407 e. The van der Waals surface area contributed by atoms with Crippen molar-refractivity contribution >= 4 is 35.2 Å². The molecule has 0 fully saturated rings. The van der Waals surface area contributed by atoms with Crippen molar-refractivity contribution in [3.05, 3.63) is 59.1 Å². The molecule has 2 aromatic rings. The summed E-state index contributed by atoms with van der Waals surface area (Å²) in [6, 6.07) is 14.4. The van der Waals surface area contributed by atoms with Gasteiger partial charge in [0.05, 0.1) is 11.6 Å². The summed E-state index contributed by atoms with van der Waals surface area (Å²) < 4.78 is 10.7. The van der Waals surface area contributed by atoms with Crippen molar-refractivity contribution < 1.29 is 23.9 Å². The van der Waals surface area contributed by atoms with E-state index in [9.17, 15) is 14.4 Å². The standard InChI is InChI=1S/C25H32ClN3O5/c1-25(2,3)34-24(32)27-15-14-22(30)28-17-18-9-4-6-11-20(18)29-23(31)13-8-16-33-21-12-7-5-10-19(21)26/h4-7,9-12H,8,13-17H2,1-3H3,(H,27,32)(H,28,30)(H,29,31). The first-order chi connectivity index (χ1) is 16.1. The van der Waals surface area contributed by atoms with Gasteiger partial charge in [0.1, 0.15) is 11.4 Å². The largest absolute Gasteiger partial charge is 0.492 e. The van der Waals surface area contributed by atoms with Crippen molar-refractivity contribution in [2.45, 2.75) is 52.2 Å². The molecule has 0 radical (unpaired) electrons. The molecule has 0 heterocycles. The van der Waals surface area contributed by atoms with Crippen LogP contribution in [0.1, 0.15) is 45.6 Å². The number of hydrogen-bond acceptors (Lipinski definition) is 5. The topological polar surface area (TPSA) is 106 Å². The smallest absolute Gasteiger partial charge is 0.407 e. The molecule has 34 heavy (non-hydrogen) atoms. The second-order valence-corrected chi connectivity index (χ2v) is 8.95. The minimum atomic E-state index is -0.594. The number of benzene rings is 2. The van der Waals surface area contributed by atoms with Crippen LogP contribution in [0.4, 0.5) is 10.5 Å². The van der Waals surface area contributed by atoms with Gasteiger partial charge in [-0.1, -0.05) is 41.9 Å². The van der Waals surface area contributed by atoms with E-state index in [1.165, 1.54) is 0 Å². The second kappa shape index (κ2) is 13.4. The van der Waals surface area contributed by atoms with Gasteiger partial charge in [0.25, 0.3) is 0 Å². The Kier molecular flexibility index (Phi) is 10.7. The summed E-state index contributed by atoms with van der Waals surface area (Å²) in [6.07, 6.45) is 0.354. The molecule has 0 atom stereocenters. The SMILES string of the molecule is CC(C)(C)OC(=O)NCCC(=O)NCc1ccccc1NC(=O)CCCOc1ccccc1Cl. The first kappa shape index (κ1) is 27.0. The van der Waals surface area contributed by atoms with Crippen LogP contribution < -0.4 is 20.7 Å². The van der Waals surface area contributed by atoms with E-state index in [1.54, 1.807) is 39.0 Å². The highest BCUT2D eigenvalue weighted by molar-refractivity contribution is 6.32. The van der Waals surface area contributed by atoms with E-state index in [4.69, 9.17) is 21.1 Å². The molecule has 0 aliphatic carbocycles. The normalized spacial score (nSPS) is 10.8. The van der Waals surface area contributed by atoms with E-state index in [0.717, 1.165) is 5.56 Å². The average molecular weight is 490 g/mol. The number of carbonyl (C=O) groups is 3. The Morgan fingerprint density at radius 1 is 0.912 bits per heavy atom. The Labute approximate surface area is 205 Å². The Morgan fingerprint density at radius 3 is 2.35 bits per heavy atom. The Balaban J connectivity index is 1.72. The van der Waals surface area contributed by atoms with Crippen LogP contribution in [-0.4, -0.2) is 36.7 Å². The van der Waals surface area contributed by atoms with Gasteiger partial charge in [0.15, 0.2) is 0 Å². The quantitative estimate of drug-likeness (QED) is 0.398. The third-order valence-corrected chi connectivity index (χ3v) is 4.74. The summed E-state index contributed by atoms with van der Waals surface area (Å²) in [6.45, 7) is 6.08. The minimum absolute atomic E-state index is 0.110. The molecule has 3 amide bonds. The monoisotopic (exact) mass is 489 g/mol. The van der Waals surface area contributed by atoms with Crippen LogP contribution in [0.3, 0.4) is 0 Å². The fraction of sp³-hybridized carbons (Fsp3) is 0.400. The number of para-hydroxylation sites is 2. The van der Waals surface area contributed by atoms with E-state index in [-0.39, 0.29) is 37.7 Å². The second-order valence-electron chi connectivity index (χ2n) is 8.54. The van der Waals surface area contributed by atoms with Crippen LogP contribution in [0.25, 0.3) is 0 Å². The van der Waals surface area contributed by atoms with E-state index in [0.29, 0.717) is 29.5 Å². The summed E-state index contributed by atoms with van der Waals surface area (Å²) >= 11 is 6.05. The van der Waals surface area contributed by atoms with Gasteiger partial charge in [-0.25, -0.2) is 4.79 Å². The lowest BCUT2D eigenvalue weighted by Crippen LogP contribution is -2.35. The van der Waals surface area contributed by atoms with Gasteiger partial charge in [-0.05, 0) is 51.0 Å². The molecular weight excluding hydrogens is 458 g/mol. The van der Waals surface area contributed by atoms with Crippen molar-refractivity contribution in [2.75, 3.05) is 18.5 Å². The van der Waals surface area contributed by atoms with Crippen molar-refractivity contribution in [3.63, 3.8) is 0 Å². The molecule has 0 aromatic heterocycles. The van der Waals surface area contributed by atoms with Crippen molar-refractivity contribution in [1.29, 1.82) is 0 Å². The maximum atomic E-state index is 12.4. The summed E-state index contributed by atoms with van der Waals surface area (Å²) in [5.74, 6) is 0.212. The van der Waals surface area contributed by atoms with Gasteiger partial charge in [-0.15, -0.1) is 0 Å². The first-order valence-electron chi connectivity index (χ1n) is 11.1. The predicted molar refractivity (Wildman–Crippen MR) is 132 cm³/mol. The minimum Gasteiger partial charge on any atom is -0.492 e. The number of amides is 3. The van der Waals surface area contributed by atoms with Gasteiger partial charge in [0.2, 0.25) is 11.8 Å². The number of alkyl carbamates (subject to hydrolysis) is 1. The highest BCUT2D eigenvalue weighted by Crippen LogP contribution is 2.23. The molecule has 0 aliphatic heterocycles. The molecule has 2 aromatic carbocycles. The fourth-order valence-electron chi connectivity index (χ4n) is 2.86. The van der Waals surface area contributed by atoms with Crippen molar-refractivity contribution in [2.24, 2.45) is 0 Å². The molecule has 0 saturated carbocycles. The predicted octanol–water partition coefficient (Wildman–Crippen LogP) is 4.67. The number of hydrogen-bond donors (Lipinski definition) is 3. The molecule has 184 valence electrons. The van der Waals surface area contributed by atoms with Crippen molar-refractivity contribution in [3.8, 4) is 5.75 Å². The summed E-state index contributed by atoms with van der Waals surface area (Å²) in [7, 11) is 0. The van der Waals surface area contributed by atoms with Crippen LogP contribution >= 0.6 is 11.6 Å². The number of ether oxygens (including phenoxy) is 2. The first-order valence-corrected chi connectivity index (χ1v) is 11.5. The Bertz CT molecular complexity index is 975. The Hall–Kier alpha value is -3.26. The van der Waals surface area contributed by atoms with Gasteiger partial charge < -0.3 is 25.4 Å². The highest BCUT2D eigenvalue weighted by atomic mass is 35.5. The molecular formula is C25H32ClN3O5. The molecule has 0 unspecified atom stereocenters. The van der Waals surface area contributed by atoms with Gasteiger partial charge >= 0.3 is 6.09 Å². The maximum absolute atomic E-state index is 12.4. The number of rotatable bonds is 11. The van der Waals surface area contributed by atoms with Gasteiger partial charge in [-0.3, -0.25) is 9.59 Å². The molecule has 8 nitrogen and oxygen atoms in total. The zero-order chi connectivity index (χ0) is 25.0. The molecule has 0 bridgehead atoms. The lowest BCUT2D eigenvalue weighted by atomic mass is 10.1. The zero-order valence-corrected chi connectivity index (χ0v) is 20.5. The summed E-state index contributed by atoms with van der Waals surface area (Å²) in [5, 5.41) is 8.75. The Morgan fingerprint density at radius 2 is 1.62 bits per heavy atom. The number of nitrogens with one attached hydrogen (secondary N) is 3. The number of carbonyl (C=O) groups excluding carboxylic acids is 3. The van der Waals surface area contributed by atoms with Gasteiger partial charge in [-0.2, -0.15) is 0 Å². The van der Waals surface area contributed by atoms with Gasteiger partial charge in [0, 0.05) is 31.6 Å². The molecule has 0 aliphatic rings. The van der Waals surface area contributed by atoms with E-state index >= 15 is 0 Å². The van der Waals surface area contributed by atoms with E-state index in [1.807, 2.05) is 30.3 Å². The lowest BCUT2D eigenvalue weighted by molar-refractivity contribution is -0.121. The fourth-order valence-corrected chi connectivity index (χ4v) is 3.05. The van der Waals surface area contributed by atoms with Crippen LogP contribution in [0.15, 0.2) is 48.5 Å². The highest BCUT2D eigenvalue weighted by Gasteiger charge is 2.16. The summed E-state index contributed by atoms with van der Waals surface area (Å²) in [4.78, 5) is 36.1. The summed E-state index contributed by atoms with van der Waals surface area (Å²) in [5.41, 5.74) is 0.812. The van der Waals surface area contributed by atoms with Crippen LogP contribution in [0, 0.1) is 0 Å². The molecule has 0 saturated heterocycles. The van der Waals surface area contributed by atoms with Crippen molar-refractivity contribution in [1.82, 2.24) is 10.6 Å².